The summed E-state index contributed by atoms with van der Waals surface area (Å²) >= 11 is 0. The topological polar surface area (TPSA) is 106 Å². The van der Waals surface area contributed by atoms with Gasteiger partial charge in [0.15, 0.2) is 11.5 Å². The van der Waals surface area contributed by atoms with E-state index in [1.807, 2.05) is 0 Å². The first-order valence-corrected chi connectivity index (χ1v) is 5.27. The van der Waals surface area contributed by atoms with Crippen molar-refractivity contribution >= 4 is 17.0 Å². The molecule has 5 N–H and O–H groups in total. The molecule has 0 aliphatic heterocycles. The van der Waals surface area contributed by atoms with Gasteiger partial charge in [0.05, 0.1) is 0 Å². The molecule has 86 valence electrons. The average Bonchev–Trinajstić information content (AvgIpc) is 2.74. The third-order valence-electron chi connectivity index (χ3n) is 3.12. The fraction of sp³-hybridized carbons (Fsp3) is 0.500. The molecular formula is C10H16N6. The molecule has 1 atom stereocenters. The molecule has 6 heteroatoms. The highest BCUT2D eigenvalue weighted by atomic mass is 15.1. The van der Waals surface area contributed by atoms with E-state index in [-0.39, 0.29) is 5.41 Å². The zero-order chi connectivity index (χ0) is 11.8. The minimum absolute atomic E-state index is 0.173. The lowest BCUT2D eigenvalue weighted by Gasteiger charge is -2.23. The van der Waals surface area contributed by atoms with Crippen molar-refractivity contribution in [3.8, 4) is 0 Å². The van der Waals surface area contributed by atoms with Crippen LogP contribution in [-0.4, -0.2) is 26.5 Å². The minimum Gasteiger partial charge on any atom is -0.382 e. The van der Waals surface area contributed by atoms with E-state index in [1.54, 1.807) is 0 Å². The highest BCUT2D eigenvalue weighted by Gasteiger charge is 2.27. The van der Waals surface area contributed by atoms with E-state index in [2.05, 4.69) is 33.8 Å². The van der Waals surface area contributed by atoms with Crippen molar-refractivity contribution < 1.29 is 0 Å². The second kappa shape index (κ2) is 3.71. The first-order valence-electron chi connectivity index (χ1n) is 5.27. The van der Waals surface area contributed by atoms with Gasteiger partial charge in [-0.2, -0.15) is 0 Å². The predicted molar refractivity (Wildman–Crippen MR) is 62.8 cm³/mol. The number of nitrogen functional groups attached to an aromatic ring is 1. The third kappa shape index (κ3) is 1.51. The normalized spacial score (nSPS) is 15.2. The lowest BCUT2D eigenvalue weighted by atomic mass is 9.87. The number of nitrogens with two attached hydrogens (primary N) is 2. The Hall–Kier alpha value is -1.69. The van der Waals surface area contributed by atoms with Crippen molar-refractivity contribution in [3.63, 3.8) is 0 Å². The van der Waals surface area contributed by atoms with E-state index in [9.17, 15) is 0 Å². The molecule has 0 aromatic carbocycles. The summed E-state index contributed by atoms with van der Waals surface area (Å²) in [6.07, 6.45) is 2.31. The third-order valence-corrected chi connectivity index (χ3v) is 3.12. The number of aromatic nitrogens is 4. The molecule has 2 heterocycles. The maximum Gasteiger partial charge on any atom is 0.183 e. The van der Waals surface area contributed by atoms with Crippen LogP contribution in [0.5, 0.6) is 0 Å². The zero-order valence-electron chi connectivity index (χ0n) is 9.49. The number of aromatic amines is 1. The van der Waals surface area contributed by atoms with Crippen LogP contribution in [0.15, 0.2) is 6.33 Å². The number of anilines is 1. The van der Waals surface area contributed by atoms with Gasteiger partial charge in [0, 0.05) is 12.0 Å². The Morgan fingerprint density at radius 1 is 1.44 bits per heavy atom. The molecule has 16 heavy (non-hydrogen) atoms. The van der Waals surface area contributed by atoms with Gasteiger partial charge in [-0.1, -0.05) is 13.8 Å². The summed E-state index contributed by atoms with van der Waals surface area (Å²) in [7, 11) is 0. The highest BCUT2D eigenvalue weighted by Crippen LogP contribution is 2.26. The van der Waals surface area contributed by atoms with Gasteiger partial charge in [-0.05, 0) is 6.42 Å². The molecular weight excluding hydrogens is 204 g/mol. The van der Waals surface area contributed by atoms with E-state index in [0.29, 0.717) is 23.5 Å². The fourth-order valence-corrected chi connectivity index (χ4v) is 1.54. The summed E-state index contributed by atoms with van der Waals surface area (Å²) in [5.41, 5.74) is 12.6. The largest absolute Gasteiger partial charge is 0.382 e. The lowest BCUT2D eigenvalue weighted by molar-refractivity contribution is 0.443. The van der Waals surface area contributed by atoms with Gasteiger partial charge in [-0.15, -0.1) is 0 Å². The number of fused-ring (bicyclic) bond motifs is 1. The van der Waals surface area contributed by atoms with Crippen molar-refractivity contribution in [2.24, 2.45) is 5.73 Å². The van der Waals surface area contributed by atoms with Gasteiger partial charge in [0.25, 0.3) is 0 Å². The summed E-state index contributed by atoms with van der Waals surface area (Å²) < 4.78 is 0. The van der Waals surface area contributed by atoms with Gasteiger partial charge >= 0.3 is 0 Å². The number of rotatable bonds is 3. The molecule has 1 unspecified atom stereocenters. The molecule has 0 bridgehead atoms. The number of imidazole rings is 1. The Balaban J connectivity index is 2.59. The number of hydrogen-bond acceptors (Lipinski definition) is 5. The second-order valence-corrected chi connectivity index (χ2v) is 4.16. The molecule has 0 fully saturated rings. The quantitative estimate of drug-likeness (QED) is 0.700. The molecule has 0 amide bonds. The van der Waals surface area contributed by atoms with Crippen molar-refractivity contribution in [2.45, 2.75) is 25.7 Å². The summed E-state index contributed by atoms with van der Waals surface area (Å²) in [6.45, 7) is 4.67. The average molecular weight is 220 g/mol. The molecule has 0 spiro atoms. The van der Waals surface area contributed by atoms with E-state index < -0.39 is 0 Å². The molecule has 0 radical (unpaired) electrons. The Bertz CT molecular complexity index is 499. The van der Waals surface area contributed by atoms with Gasteiger partial charge in [0.1, 0.15) is 17.7 Å². The van der Waals surface area contributed by atoms with Crippen LogP contribution in [0, 0.1) is 0 Å². The number of nitrogens with one attached hydrogen (secondary N) is 1. The van der Waals surface area contributed by atoms with Gasteiger partial charge in [0.2, 0.25) is 0 Å². The molecule has 0 saturated carbocycles. The zero-order valence-corrected chi connectivity index (χ0v) is 9.49. The van der Waals surface area contributed by atoms with Crippen LogP contribution in [0.4, 0.5) is 5.82 Å². The van der Waals surface area contributed by atoms with Crippen LogP contribution in [0.1, 0.15) is 26.1 Å². The summed E-state index contributed by atoms with van der Waals surface area (Å²) in [4.78, 5) is 15.6. The Morgan fingerprint density at radius 2 is 2.19 bits per heavy atom. The van der Waals surface area contributed by atoms with Crippen molar-refractivity contribution in [3.05, 3.63) is 12.2 Å². The van der Waals surface area contributed by atoms with E-state index in [0.717, 1.165) is 12.2 Å². The first kappa shape index (κ1) is 10.8. The number of nitrogens with zero attached hydrogens (tertiary/aromatic N) is 3. The first-order chi connectivity index (χ1) is 7.60. The fourth-order valence-electron chi connectivity index (χ4n) is 1.54. The monoisotopic (exact) mass is 220 g/mol. The van der Waals surface area contributed by atoms with Gasteiger partial charge in [-0.25, -0.2) is 15.0 Å². The van der Waals surface area contributed by atoms with Gasteiger partial charge < -0.3 is 16.5 Å². The molecule has 2 aromatic rings. The lowest BCUT2D eigenvalue weighted by Crippen LogP contribution is -2.32. The van der Waals surface area contributed by atoms with Crippen LogP contribution in [-0.2, 0) is 5.41 Å². The molecule has 0 aliphatic carbocycles. The molecule has 0 aliphatic rings. The number of hydrogen-bond donors (Lipinski definition) is 3. The highest BCUT2D eigenvalue weighted by molar-refractivity contribution is 5.81. The Morgan fingerprint density at radius 3 is 2.75 bits per heavy atom. The predicted octanol–water partition coefficient (Wildman–Crippen LogP) is 0.562. The maximum atomic E-state index is 5.78. The summed E-state index contributed by atoms with van der Waals surface area (Å²) in [5.74, 6) is 1.24. The molecule has 6 nitrogen and oxygen atoms in total. The van der Waals surface area contributed by atoms with Crippen LogP contribution < -0.4 is 11.5 Å². The van der Waals surface area contributed by atoms with Gasteiger partial charge in [-0.3, -0.25) is 0 Å². The van der Waals surface area contributed by atoms with E-state index in [4.69, 9.17) is 11.5 Å². The minimum atomic E-state index is -0.173. The molecule has 2 aromatic heterocycles. The van der Waals surface area contributed by atoms with E-state index in [1.165, 1.54) is 6.33 Å². The van der Waals surface area contributed by atoms with Crippen LogP contribution >= 0.6 is 0 Å². The molecule has 0 saturated heterocycles. The Kier molecular flexibility index (Phi) is 2.51. The maximum absolute atomic E-state index is 5.78. The van der Waals surface area contributed by atoms with Crippen molar-refractivity contribution in [2.75, 3.05) is 12.3 Å². The smallest absolute Gasteiger partial charge is 0.183 e. The SMILES string of the molecule is CCC(C)(CN)c1nc2ncnc(N)c2[nH]1. The van der Waals surface area contributed by atoms with Crippen molar-refractivity contribution in [1.82, 2.24) is 19.9 Å². The second-order valence-electron chi connectivity index (χ2n) is 4.16. The molecule has 2 rings (SSSR count). The van der Waals surface area contributed by atoms with Crippen LogP contribution in [0.3, 0.4) is 0 Å². The number of H-pyrrole nitrogens is 1. The summed E-state index contributed by atoms with van der Waals surface area (Å²) in [6, 6.07) is 0. The van der Waals surface area contributed by atoms with E-state index >= 15 is 0 Å². The summed E-state index contributed by atoms with van der Waals surface area (Å²) in [5, 5.41) is 0. The van der Waals surface area contributed by atoms with Crippen LogP contribution in [0.2, 0.25) is 0 Å². The Labute approximate surface area is 93.5 Å². The van der Waals surface area contributed by atoms with Crippen LogP contribution in [0.25, 0.3) is 11.2 Å². The van der Waals surface area contributed by atoms with Crippen molar-refractivity contribution in [1.29, 1.82) is 0 Å². The standard InChI is InChI=1S/C10H16N6/c1-3-10(2,4-11)9-15-6-7(12)13-5-14-8(6)16-9/h5H,3-4,11H2,1-2H3,(H3,12,13,14,15,16).